The third-order valence-corrected chi connectivity index (χ3v) is 5.86. The van der Waals surface area contributed by atoms with Gasteiger partial charge in [-0.25, -0.2) is 4.79 Å². The standard InChI is InChI=1S/C26H31N5O6/c1-15(32)23(26(36)37)31-22(33)14-29-25(35)21(11-16-7-3-2-4-8-16)30-24(34)19(27)12-17-13-28-20-10-6-5-9-18(17)20/h2-10,13,15,19,21,23,28,32H,11-12,14,27H2,1H3,(H,29,35)(H,30,34)(H,31,33)(H,36,37). The van der Waals surface area contributed by atoms with Crippen LogP contribution in [-0.4, -0.2) is 69.7 Å². The Kier molecular flexibility index (Phi) is 9.36. The lowest BCUT2D eigenvalue weighted by molar-refractivity contribution is -0.144. The minimum Gasteiger partial charge on any atom is -0.480 e. The highest BCUT2D eigenvalue weighted by atomic mass is 16.4. The molecule has 11 heteroatoms. The van der Waals surface area contributed by atoms with Crippen molar-refractivity contribution >= 4 is 34.6 Å². The van der Waals surface area contributed by atoms with Gasteiger partial charge in [-0.05, 0) is 30.5 Å². The number of aliphatic hydroxyl groups is 1. The highest BCUT2D eigenvalue weighted by molar-refractivity contribution is 5.93. The summed E-state index contributed by atoms with van der Waals surface area (Å²) < 4.78 is 0. The second kappa shape index (κ2) is 12.7. The molecule has 0 radical (unpaired) electrons. The molecule has 3 rings (SSSR count). The van der Waals surface area contributed by atoms with Crippen molar-refractivity contribution in [2.24, 2.45) is 5.73 Å². The number of hydrogen-bond donors (Lipinski definition) is 7. The fraction of sp³-hybridized carbons (Fsp3) is 0.308. The van der Waals surface area contributed by atoms with E-state index >= 15 is 0 Å². The Morgan fingerprint density at radius 2 is 1.62 bits per heavy atom. The van der Waals surface area contributed by atoms with E-state index in [0.29, 0.717) is 0 Å². The first-order valence-electron chi connectivity index (χ1n) is 11.8. The zero-order chi connectivity index (χ0) is 26.9. The summed E-state index contributed by atoms with van der Waals surface area (Å²) in [5, 5.41) is 26.8. The van der Waals surface area contributed by atoms with E-state index in [9.17, 15) is 24.3 Å². The number of aliphatic carboxylic acids is 1. The topological polar surface area (TPSA) is 187 Å². The summed E-state index contributed by atoms with van der Waals surface area (Å²) in [5.41, 5.74) is 8.74. The van der Waals surface area contributed by atoms with Gasteiger partial charge in [-0.3, -0.25) is 14.4 Å². The average Bonchev–Trinajstić information content (AvgIpc) is 3.28. The van der Waals surface area contributed by atoms with Crippen LogP contribution < -0.4 is 21.7 Å². The highest BCUT2D eigenvalue weighted by Crippen LogP contribution is 2.18. The number of carboxylic acid groups (broad SMARTS) is 1. The van der Waals surface area contributed by atoms with E-state index in [-0.39, 0.29) is 12.8 Å². The molecule has 1 aromatic heterocycles. The molecule has 37 heavy (non-hydrogen) atoms. The summed E-state index contributed by atoms with van der Waals surface area (Å²) in [4.78, 5) is 52.3. The molecule has 4 unspecified atom stereocenters. The van der Waals surface area contributed by atoms with Gasteiger partial charge in [-0.15, -0.1) is 0 Å². The van der Waals surface area contributed by atoms with Crippen LogP contribution in [0.2, 0.25) is 0 Å². The maximum absolute atomic E-state index is 12.9. The Hall–Kier alpha value is -4.22. The van der Waals surface area contributed by atoms with Crippen LogP contribution in [0.4, 0.5) is 0 Å². The summed E-state index contributed by atoms with van der Waals surface area (Å²) in [6.45, 7) is 0.681. The minimum absolute atomic E-state index is 0.144. The van der Waals surface area contributed by atoms with E-state index in [2.05, 4.69) is 20.9 Å². The van der Waals surface area contributed by atoms with Crippen molar-refractivity contribution in [3.63, 3.8) is 0 Å². The molecule has 0 aliphatic rings. The van der Waals surface area contributed by atoms with Crippen LogP contribution in [0.25, 0.3) is 10.9 Å². The molecule has 0 fully saturated rings. The Balaban J connectivity index is 1.65. The number of hydrogen-bond acceptors (Lipinski definition) is 6. The molecule has 4 atom stereocenters. The molecule has 8 N–H and O–H groups in total. The second-order valence-electron chi connectivity index (χ2n) is 8.76. The molecule has 0 bridgehead atoms. The van der Waals surface area contributed by atoms with E-state index in [1.165, 1.54) is 6.92 Å². The molecular formula is C26H31N5O6. The Morgan fingerprint density at radius 3 is 2.30 bits per heavy atom. The van der Waals surface area contributed by atoms with E-state index in [0.717, 1.165) is 22.0 Å². The third kappa shape index (κ3) is 7.63. The van der Waals surface area contributed by atoms with Crippen molar-refractivity contribution in [3.8, 4) is 0 Å². The lowest BCUT2D eigenvalue weighted by atomic mass is 10.0. The van der Waals surface area contributed by atoms with Gasteiger partial charge in [0.1, 0.15) is 6.04 Å². The van der Waals surface area contributed by atoms with Crippen LogP contribution in [0.3, 0.4) is 0 Å². The second-order valence-corrected chi connectivity index (χ2v) is 8.76. The van der Waals surface area contributed by atoms with E-state index in [4.69, 9.17) is 10.8 Å². The van der Waals surface area contributed by atoms with Crippen LogP contribution in [0, 0.1) is 0 Å². The third-order valence-electron chi connectivity index (χ3n) is 5.86. The zero-order valence-electron chi connectivity index (χ0n) is 20.3. The highest BCUT2D eigenvalue weighted by Gasteiger charge is 2.27. The first-order chi connectivity index (χ1) is 17.7. The zero-order valence-corrected chi connectivity index (χ0v) is 20.3. The van der Waals surface area contributed by atoms with Gasteiger partial charge in [0, 0.05) is 23.5 Å². The number of aromatic nitrogens is 1. The number of benzene rings is 2. The van der Waals surface area contributed by atoms with E-state index < -0.39 is 54.5 Å². The van der Waals surface area contributed by atoms with Crippen LogP contribution in [-0.2, 0) is 32.0 Å². The first-order valence-corrected chi connectivity index (χ1v) is 11.8. The Morgan fingerprint density at radius 1 is 0.946 bits per heavy atom. The predicted molar refractivity (Wildman–Crippen MR) is 136 cm³/mol. The number of rotatable bonds is 12. The number of amides is 3. The number of fused-ring (bicyclic) bond motifs is 1. The molecule has 0 saturated heterocycles. The molecule has 3 aromatic rings. The summed E-state index contributed by atoms with van der Waals surface area (Å²) in [5.74, 6) is -3.39. The molecular weight excluding hydrogens is 478 g/mol. The van der Waals surface area contributed by atoms with Gasteiger partial charge in [0.25, 0.3) is 0 Å². The number of carbonyl (C=O) groups is 4. The lowest BCUT2D eigenvalue weighted by Crippen LogP contribution is -2.55. The quantitative estimate of drug-likeness (QED) is 0.177. The van der Waals surface area contributed by atoms with Crippen molar-refractivity contribution in [1.29, 1.82) is 0 Å². The van der Waals surface area contributed by atoms with Crippen LogP contribution in [0.15, 0.2) is 60.8 Å². The van der Waals surface area contributed by atoms with Gasteiger partial charge in [-0.1, -0.05) is 48.5 Å². The van der Waals surface area contributed by atoms with Crippen LogP contribution in [0.5, 0.6) is 0 Å². The Labute approximate surface area is 213 Å². The molecule has 196 valence electrons. The number of para-hydroxylation sites is 1. The molecule has 1 heterocycles. The van der Waals surface area contributed by atoms with Crippen molar-refractivity contribution < 1.29 is 29.4 Å². The van der Waals surface area contributed by atoms with E-state index in [1.807, 2.05) is 30.3 Å². The summed E-state index contributed by atoms with van der Waals surface area (Å²) in [7, 11) is 0. The molecule has 0 spiro atoms. The normalized spacial score (nSPS) is 14.2. The summed E-state index contributed by atoms with van der Waals surface area (Å²) in [6, 6.07) is 13.1. The molecule has 0 saturated carbocycles. The number of H-pyrrole nitrogens is 1. The average molecular weight is 510 g/mol. The molecule has 0 aliphatic heterocycles. The SMILES string of the molecule is CC(O)C(NC(=O)CNC(=O)C(Cc1ccccc1)NC(=O)C(N)Cc1c[nH]c2ccccc12)C(=O)O. The van der Waals surface area contributed by atoms with Gasteiger partial charge in [0.2, 0.25) is 17.7 Å². The number of aromatic amines is 1. The molecule has 2 aromatic carbocycles. The summed E-state index contributed by atoms with van der Waals surface area (Å²) >= 11 is 0. The first kappa shape index (κ1) is 27.4. The van der Waals surface area contributed by atoms with E-state index in [1.54, 1.807) is 30.5 Å². The van der Waals surface area contributed by atoms with Crippen LogP contribution in [0.1, 0.15) is 18.1 Å². The fourth-order valence-corrected chi connectivity index (χ4v) is 3.87. The van der Waals surface area contributed by atoms with Crippen LogP contribution >= 0.6 is 0 Å². The smallest absolute Gasteiger partial charge is 0.328 e. The van der Waals surface area contributed by atoms with Crippen molar-refractivity contribution in [1.82, 2.24) is 20.9 Å². The van der Waals surface area contributed by atoms with Gasteiger partial charge >= 0.3 is 5.97 Å². The minimum atomic E-state index is -1.52. The largest absolute Gasteiger partial charge is 0.480 e. The van der Waals surface area contributed by atoms with Crippen molar-refractivity contribution in [2.45, 2.75) is 44.0 Å². The predicted octanol–water partition coefficient (Wildman–Crippen LogP) is -0.168. The number of nitrogens with two attached hydrogens (primary N) is 1. The molecule has 3 amide bonds. The molecule has 0 aliphatic carbocycles. The van der Waals surface area contributed by atoms with Crippen molar-refractivity contribution in [3.05, 3.63) is 71.9 Å². The monoisotopic (exact) mass is 509 g/mol. The lowest BCUT2D eigenvalue weighted by Gasteiger charge is -2.21. The number of nitrogens with one attached hydrogen (secondary N) is 4. The maximum Gasteiger partial charge on any atom is 0.328 e. The maximum atomic E-state index is 12.9. The fourth-order valence-electron chi connectivity index (χ4n) is 3.87. The van der Waals surface area contributed by atoms with Crippen molar-refractivity contribution in [2.75, 3.05) is 6.54 Å². The molecule has 11 nitrogen and oxygen atoms in total. The van der Waals surface area contributed by atoms with Gasteiger partial charge in [0.15, 0.2) is 6.04 Å². The number of carboxylic acids is 1. The number of aliphatic hydroxyl groups excluding tert-OH is 1. The Bertz CT molecular complexity index is 1240. The van der Waals surface area contributed by atoms with Gasteiger partial charge in [-0.2, -0.15) is 0 Å². The summed E-state index contributed by atoms with van der Waals surface area (Å²) in [6.07, 6.45) is 0.849. The van der Waals surface area contributed by atoms with Gasteiger partial charge < -0.3 is 36.9 Å². The number of carbonyl (C=O) groups excluding carboxylic acids is 3. The van der Waals surface area contributed by atoms with Gasteiger partial charge in [0.05, 0.1) is 18.7 Å².